The van der Waals surface area contributed by atoms with Crippen LogP contribution in [0.5, 0.6) is 23.0 Å². The summed E-state index contributed by atoms with van der Waals surface area (Å²) in [5, 5.41) is 0. The molecule has 2 aliphatic heterocycles. The zero-order valence-corrected chi connectivity index (χ0v) is 38.3. The van der Waals surface area contributed by atoms with Crippen molar-refractivity contribution in [1.29, 1.82) is 0 Å². The molecule has 0 atom stereocenters. The molecule has 14 nitrogen and oxygen atoms in total. The first-order chi connectivity index (χ1) is 32.5. The fourth-order valence-corrected chi connectivity index (χ4v) is 8.43. The van der Waals surface area contributed by atoms with Gasteiger partial charge in [-0.25, -0.2) is 0 Å². The van der Waals surface area contributed by atoms with Crippen LogP contribution in [0.3, 0.4) is 0 Å². The molecule has 0 radical (unpaired) electrons. The van der Waals surface area contributed by atoms with E-state index in [9.17, 15) is 19.2 Å². The minimum atomic E-state index is -0.538. The number of hydrogen-bond acceptors (Lipinski definition) is 10. The topological polar surface area (TPSA) is 188 Å². The fourth-order valence-electron chi connectivity index (χ4n) is 8.43. The van der Waals surface area contributed by atoms with Gasteiger partial charge in [0.25, 0.3) is 0 Å². The van der Waals surface area contributed by atoms with E-state index in [-0.39, 0.29) is 24.9 Å². The number of hydrogen-bond donors (Lipinski definition) is 2. The summed E-state index contributed by atoms with van der Waals surface area (Å²) in [6.07, 6.45) is 0.767. The quantitative estimate of drug-likeness (QED) is 0.118. The van der Waals surface area contributed by atoms with E-state index in [2.05, 4.69) is 4.99 Å². The number of ether oxygens (including phenoxy) is 4. The van der Waals surface area contributed by atoms with Crippen LogP contribution < -0.4 is 40.2 Å². The minimum Gasteiger partial charge on any atom is -0.496 e. The summed E-state index contributed by atoms with van der Waals surface area (Å²) < 4.78 is 23.5. The fraction of sp³-hybridized carbons (Fsp3) is 0.208. The third kappa shape index (κ3) is 9.32. The number of amides is 4. The van der Waals surface area contributed by atoms with Gasteiger partial charge >= 0.3 is 0 Å². The highest BCUT2D eigenvalue weighted by Gasteiger charge is 2.34. The first-order valence-corrected chi connectivity index (χ1v) is 21.7. The number of aliphatic imine (C=N–C) groups is 2. The third-order valence-corrected chi connectivity index (χ3v) is 11.4. The van der Waals surface area contributed by atoms with Crippen LogP contribution in [-0.2, 0) is 9.59 Å². The van der Waals surface area contributed by atoms with Crippen LogP contribution in [0, 0.1) is 0 Å². The van der Waals surface area contributed by atoms with E-state index in [1.165, 1.54) is 0 Å². The second kappa shape index (κ2) is 20.7. The Balaban J connectivity index is 0.000000199. The van der Waals surface area contributed by atoms with Gasteiger partial charge in [-0.1, -0.05) is 91.9 Å². The lowest BCUT2D eigenvalue weighted by atomic mass is 9.92. The number of benzene rings is 6. The van der Waals surface area contributed by atoms with Crippen molar-refractivity contribution in [2.24, 2.45) is 21.5 Å². The zero-order chi connectivity index (χ0) is 47.8. The van der Waals surface area contributed by atoms with Gasteiger partial charge in [-0.15, -0.1) is 0 Å². The van der Waals surface area contributed by atoms with Crippen LogP contribution in [0.2, 0.25) is 0 Å². The van der Waals surface area contributed by atoms with Gasteiger partial charge in [0.1, 0.15) is 36.1 Å². The molecular formula is C53H52N6O8. The molecule has 0 saturated carbocycles. The summed E-state index contributed by atoms with van der Waals surface area (Å²) in [5.74, 6) is 0.900. The molecule has 0 aliphatic carbocycles. The summed E-state index contributed by atoms with van der Waals surface area (Å²) in [6, 6.07) is 37.1. The molecule has 0 spiro atoms. The highest BCUT2D eigenvalue weighted by Crippen LogP contribution is 2.49. The highest BCUT2D eigenvalue weighted by molar-refractivity contribution is 6.24. The first kappa shape index (κ1) is 46.7. The molecule has 2 aliphatic rings. The van der Waals surface area contributed by atoms with Gasteiger partial charge in [-0.2, -0.15) is 0 Å². The Morgan fingerprint density at radius 2 is 0.925 bits per heavy atom. The Kier molecular flexibility index (Phi) is 14.4. The summed E-state index contributed by atoms with van der Waals surface area (Å²) >= 11 is 0. The van der Waals surface area contributed by atoms with Crippen molar-refractivity contribution in [2.45, 2.75) is 20.3 Å². The number of nitrogens with two attached hydrogens (primary N) is 2. The van der Waals surface area contributed by atoms with Gasteiger partial charge in [0, 0.05) is 47.5 Å². The maximum atomic E-state index is 13.1. The van der Waals surface area contributed by atoms with Crippen molar-refractivity contribution in [3.05, 3.63) is 155 Å². The number of rotatable bonds is 13. The summed E-state index contributed by atoms with van der Waals surface area (Å²) in [7, 11) is 6.37. The summed E-state index contributed by atoms with van der Waals surface area (Å²) in [4.78, 5) is 62.6. The molecule has 0 bridgehead atoms. The number of primary amides is 2. The Bertz CT molecular complexity index is 2920. The zero-order valence-electron chi connectivity index (χ0n) is 38.3. The molecule has 14 heteroatoms. The Morgan fingerprint density at radius 3 is 1.30 bits per heavy atom. The molecule has 0 unspecified atom stereocenters. The molecule has 4 N–H and O–H groups in total. The molecule has 0 aromatic heterocycles. The van der Waals surface area contributed by atoms with Crippen molar-refractivity contribution in [1.82, 2.24) is 0 Å². The second-order valence-electron chi connectivity index (χ2n) is 15.4. The van der Waals surface area contributed by atoms with Gasteiger partial charge in [-0.3, -0.25) is 29.2 Å². The largest absolute Gasteiger partial charge is 0.496 e. The van der Waals surface area contributed by atoms with Crippen molar-refractivity contribution < 1.29 is 38.1 Å². The summed E-state index contributed by atoms with van der Waals surface area (Å²) in [6.45, 7) is 4.83. The van der Waals surface area contributed by atoms with Gasteiger partial charge < -0.3 is 40.2 Å². The van der Waals surface area contributed by atoms with E-state index in [0.717, 1.165) is 28.7 Å². The minimum absolute atomic E-state index is 0.0308. The van der Waals surface area contributed by atoms with E-state index in [1.807, 2.05) is 98.8 Å². The van der Waals surface area contributed by atoms with Gasteiger partial charge in [-0.05, 0) is 48.7 Å². The van der Waals surface area contributed by atoms with Crippen LogP contribution in [0.15, 0.2) is 131 Å². The monoisotopic (exact) mass is 900 g/mol. The van der Waals surface area contributed by atoms with Crippen LogP contribution in [0.1, 0.15) is 63.2 Å². The molecule has 67 heavy (non-hydrogen) atoms. The summed E-state index contributed by atoms with van der Waals surface area (Å²) in [5.41, 5.74) is 20.1. The molecule has 6 aromatic carbocycles. The average Bonchev–Trinajstić information content (AvgIpc) is 3.59. The second-order valence-corrected chi connectivity index (χ2v) is 15.4. The van der Waals surface area contributed by atoms with Crippen LogP contribution >= 0.6 is 0 Å². The van der Waals surface area contributed by atoms with Crippen LogP contribution in [0.4, 0.5) is 11.4 Å². The molecule has 4 amide bonds. The SMILES string of the molecule is CCCN1C(=O)CN=C(c2cccc(C(N)=O)c2)c2c1cc(OC)c(-c1ccccc1)c2OC.CCN1C(=O)CN=C(c2cccc(C(N)=O)c2)c2c1cc(OC)c(-c1ccccc1)c2OC. The number of carbonyl (C=O) groups is 4. The van der Waals surface area contributed by atoms with Crippen molar-refractivity contribution in [2.75, 3.05) is 64.4 Å². The molecule has 0 fully saturated rings. The molecule has 2 heterocycles. The maximum Gasteiger partial charge on any atom is 0.248 e. The Morgan fingerprint density at radius 1 is 0.522 bits per heavy atom. The van der Waals surface area contributed by atoms with Crippen LogP contribution in [-0.4, -0.2) is 89.7 Å². The number of methoxy groups -OCH3 is 4. The lowest BCUT2D eigenvalue weighted by Crippen LogP contribution is -2.33. The van der Waals surface area contributed by atoms with Crippen molar-refractivity contribution >= 4 is 46.4 Å². The number of likely N-dealkylation sites (N-methyl/N-ethyl adjacent to an activating group) is 1. The van der Waals surface area contributed by atoms with Gasteiger partial charge in [0.2, 0.25) is 23.6 Å². The van der Waals surface area contributed by atoms with E-state index in [0.29, 0.717) is 92.3 Å². The first-order valence-electron chi connectivity index (χ1n) is 21.7. The predicted molar refractivity (Wildman–Crippen MR) is 262 cm³/mol. The third-order valence-electron chi connectivity index (χ3n) is 11.4. The maximum absolute atomic E-state index is 13.1. The number of carbonyl (C=O) groups excluding carboxylic acids is 4. The van der Waals surface area contributed by atoms with Gasteiger partial charge in [0.05, 0.1) is 73.5 Å². The van der Waals surface area contributed by atoms with E-state index in [1.54, 1.807) is 74.6 Å². The lowest BCUT2D eigenvalue weighted by molar-refractivity contribution is -0.118. The van der Waals surface area contributed by atoms with Crippen molar-refractivity contribution in [3.8, 4) is 45.3 Å². The molecule has 8 rings (SSSR count). The number of anilines is 2. The van der Waals surface area contributed by atoms with Crippen LogP contribution in [0.25, 0.3) is 22.3 Å². The standard InChI is InChI=1S/C27H27N3O4.C26H25N3O4/c1-4-13-30-20-15-21(33-2)23(17-9-6-5-7-10-17)26(34-3)24(20)25(29-16-22(30)31)18-11-8-12-19(14-18)27(28)32;1-4-29-19-14-20(32-2)22(16-9-6-5-7-10-16)25(33-3)23(19)24(28-15-21(29)30)17-11-8-12-18(13-17)26(27)31/h5-12,14-15H,4,13,16H2,1-3H3,(H2,28,32);5-14H,4,15H2,1-3H3,(H2,27,31). The van der Waals surface area contributed by atoms with Crippen molar-refractivity contribution in [3.63, 3.8) is 0 Å². The molecule has 6 aromatic rings. The number of fused-ring (bicyclic) bond motifs is 2. The Hall–Kier alpha value is -8.26. The molecular weight excluding hydrogens is 849 g/mol. The van der Waals surface area contributed by atoms with E-state index in [4.69, 9.17) is 35.4 Å². The highest BCUT2D eigenvalue weighted by atomic mass is 16.5. The average molecular weight is 901 g/mol. The Labute approximate surface area is 389 Å². The normalized spacial score (nSPS) is 13.1. The van der Waals surface area contributed by atoms with Gasteiger partial charge in [0.15, 0.2) is 0 Å². The number of nitrogens with zero attached hydrogens (tertiary/aromatic N) is 4. The van der Waals surface area contributed by atoms with E-state index >= 15 is 0 Å². The van der Waals surface area contributed by atoms with E-state index < -0.39 is 11.8 Å². The predicted octanol–water partition coefficient (Wildman–Crippen LogP) is 7.74. The molecule has 342 valence electrons. The smallest absolute Gasteiger partial charge is 0.248 e. The lowest BCUT2D eigenvalue weighted by Gasteiger charge is -2.26. The number of benzodiazepines with no additional fused rings is 2. The molecule has 0 saturated heterocycles.